The molecular formula is C25H15Cl2FN2S. The molecule has 1 aromatic heterocycles. The summed E-state index contributed by atoms with van der Waals surface area (Å²) in [6, 6.07) is 25.3. The first kappa shape index (κ1) is 21.4. The Labute approximate surface area is 194 Å². The lowest BCUT2D eigenvalue weighted by Gasteiger charge is -2.13. The normalized spacial score (nSPS) is 10.6. The third-order valence-corrected chi connectivity index (χ3v) is 6.32. The van der Waals surface area contributed by atoms with Crippen LogP contribution in [0.2, 0.25) is 10.0 Å². The molecule has 0 aliphatic carbocycles. The lowest BCUT2D eigenvalue weighted by molar-refractivity contribution is 0.627. The molecule has 0 aliphatic heterocycles. The monoisotopic (exact) mass is 464 g/mol. The van der Waals surface area contributed by atoms with Gasteiger partial charge in [-0.05, 0) is 42.0 Å². The number of pyridine rings is 1. The van der Waals surface area contributed by atoms with Gasteiger partial charge in [0.05, 0.1) is 11.3 Å². The van der Waals surface area contributed by atoms with Crippen LogP contribution in [0, 0.1) is 17.1 Å². The van der Waals surface area contributed by atoms with Crippen LogP contribution in [0.15, 0.2) is 83.9 Å². The molecule has 152 valence electrons. The van der Waals surface area contributed by atoms with E-state index >= 15 is 0 Å². The van der Waals surface area contributed by atoms with Crippen molar-refractivity contribution in [2.75, 3.05) is 0 Å². The Hall–Kier alpha value is -2.84. The highest BCUT2D eigenvalue weighted by atomic mass is 35.5. The Morgan fingerprint density at radius 1 is 0.903 bits per heavy atom. The summed E-state index contributed by atoms with van der Waals surface area (Å²) in [5.74, 6) is 0.267. The van der Waals surface area contributed by atoms with Crippen molar-refractivity contribution in [2.24, 2.45) is 0 Å². The number of halogens is 3. The quantitative estimate of drug-likeness (QED) is 0.280. The largest absolute Gasteiger partial charge is 0.240 e. The molecule has 0 amide bonds. The van der Waals surface area contributed by atoms with Crippen molar-refractivity contribution in [1.29, 1.82) is 5.26 Å². The van der Waals surface area contributed by atoms with Crippen molar-refractivity contribution in [2.45, 2.75) is 10.8 Å². The summed E-state index contributed by atoms with van der Waals surface area (Å²) in [4.78, 5) is 4.77. The van der Waals surface area contributed by atoms with Crippen LogP contribution in [0.3, 0.4) is 0 Å². The van der Waals surface area contributed by atoms with Gasteiger partial charge in [-0.15, -0.1) is 11.8 Å². The predicted molar refractivity (Wildman–Crippen MR) is 126 cm³/mol. The third kappa shape index (κ3) is 4.91. The van der Waals surface area contributed by atoms with Crippen LogP contribution < -0.4 is 0 Å². The Morgan fingerprint density at radius 2 is 1.61 bits per heavy atom. The number of nitrogens with zero attached hydrogens (tertiary/aromatic N) is 2. The fourth-order valence-corrected chi connectivity index (χ4v) is 4.45. The van der Waals surface area contributed by atoms with Gasteiger partial charge in [0.2, 0.25) is 0 Å². The second kappa shape index (κ2) is 9.53. The molecular weight excluding hydrogens is 450 g/mol. The van der Waals surface area contributed by atoms with Gasteiger partial charge < -0.3 is 0 Å². The first-order valence-corrected chi connectivity index (χ1v) is 11.1. The fraction of sp³-hybridized carbons (Fsp3) is 0.0400. The van der Waals surface area contributed by atoms with Crippen LogP contribution in [0.5, 0.6) is 0 Å². The van der Waals surface area contributed by atoms with Crippen molar-refractivity contribution in [3.05, 3.63) is 106 Å². The number of rotatable bonds is 5. The minimum absolute atomic E-state index is 0.282. The topological polar surface area (TPSA) is 36.7 Å². The van der Waals surface area contributed by atoms with Gasteiger partial charge in [-0.25, -0.2) is 9.37 Å². The highest BCUT2D eigenvalue weighted by Crippen LogP contribution is 2.38. The van der Waals surface area contributed by atoms with Crippen molar-refractivity contribution in [3.8, 4) is 28.5 Å². The van der Waals surface area contributed by atoms with E-state index in [-0.39, 0.29) is 5.82 Å². The number of aromatic nitrogens is 1. The van der Waals surface area contributed by atoms with Gasteiger partial charge in [0.1, 0.15) is 16.9 Å². The third-order valence-electron chi connectivity index (χ3n) is 4.69. The van der Waals surface area contributed by atoms with Crippen molar-refractivity contribution >= 4 is 35.0 Å². The van der Waals surface area contributed by atoms with E-state index in [9.17, 15) is 9.65 Å². The number of benzene rings is 3. The highest BCUT2D eigenvalue weighted by molar-refractivity contribution is 7.98. The Kier molecular flexibility index (Phi) is 6.58. The first-order valence-electron chi connectivity index (χ1n) is 9.38. The Balaban J connectivity index is 1.83. The first-order chi connectivity index (χ1) is 15.0. The summed E-state index contributed by atoms with van der Waals surface area (Å²) in [6.07, 6.45) is 0. The summed E-state index contributed by atoms with van der Waals surface area (Å²) in [7, 11) is 0. The standard InChI is InChI=1S/C25H15Cl2FN2S/c26-18-9-7-17(8-10-18)24-13-21(20-3-1-2-4-23(20)27)22(14-29)25(30-24)31-15-16-5-11-19(28)12-6-16/h1-13H,15H2. The van der Waals surface area contributed by atoms with Gasteiger partial charge in [0.25, 0.3) is 0 Å². The zero-order chi connectivity index (χ0) is 21.8. The average Bonchev–Trinajstić information content (AvgIpc) is 2.79. The molecule has 0 saturated carbocycles. The van der Waals surface area contributed by atoms with E-state index in [0.717, 1.165) is 22.3 Å². The summed E-state index contributed by atoms with van der Waals surface area (Å²) in [5.41, 5.74) is 4.47. The van der Waals surface area contributed by atoms with Gasteiger partial charge in [-0.3, -0.25) is 0 Å². The van der Waals surface area contributed by atoms with Gasteiger partial charge in [-0.2, -0.15) is 5.26 Å². The van der Waals surface area contributed by atoms with E-state index in [1.807, 2.05) is 36.4 Å². The van der Waals surface area contributed by atoms with Crippen molar-refractivity contribution in [1.82, 2.24) is 4.98 Å². The summed E-state index contributed by atoms with van der Waals surface area (Å²) < 4.78 is 13.2. The molecule has 0 unspecified atom stereocenters. The van der Waals surface area contributed by atoms with E-state index in [2.05, 4.69) is 6.07 Å². The summed E-state index contributed by atoms with van der Waals surface area (Å²) in [5, 5.41) is 11.8. The number of nitriles is 1. The van der Waals surface area contributed by atoms with E-state index in [1.54, 1.807) is 30.3 Å². The van der Waals surface area contributed by atoms with Gasteiger partial charge >= 0.3 is 0 Å². The molecule has 4 aromatic rings. The Bertz CT molecular complexity index is 1270. The molecule has 0 atom stereocenters. The van der Waals surface area contributed by atoms with E-state index in [1.165, 1.54) is 23.9 Å². The molecule has 0 aliphatic rings. The summed E-state index contributed by atoms with van der Waals surface area (Å²) in [6.45, 7) is 0. The molecule has 31 heavy (non-hydrogen) atoms. The Morgan fingerprint density at radius 3 is 2.29 bits per heavy atom. The summed E-state index contributed by atoms with van der Waals surface area (Å²) >= 11 is 13.9. The molecule has 0 bridgehead atoms. The maximum Gasteiger partial charge on any atom is 0.123 e. The molecule has 0 fully saturated rings. The predicted octanol–water partition coefficient (Wildman–Crippen LogP) is 8.03. The van der Waals surface area contributed by atoms with Crippen LogP contribution in [-0.2, 0) is 5.75 Å². The SMILES string of the molecule is N#Cc1c(-c2ccccc2Cl)cc(-c2ccc(Cl)cc2)nc1SCc1ccc(F)cc1. The number of thioether (sulfide) groups is 1. The van der Waals surface area contributed by atoms with E-state index < -0.39 is 0 Å². The lowest BCUT2D eigenvalue weighted by atomic mass is 9.99. The molecule has 1 heterocycles. The van der Waals surface area contributed by atoms with Crippen molar-refractivity contribution in [3.63, 3.8) is 0 Å². The minimum Gasteiger partial charge on any atom is -0.240 e. The second-order valence-electron chi connectivity index (χ2n) is 6.75. The van der Waals surface area contributed by atoms with Crippen molar-refractivity contribution < 1.29 is 4.39 Å². The van der Waals surface area contributed by atoms with Gasteiger partial charge in [0.15, 0.2) is 0 Å². The van der Waals surface area contributed by atoms with Gasteiger partial charge in [0, 0.05) is 32.5 Å². The number of hydrogen-bond donors (Lipinski definition) is 0. The zero-order valence-electron chi connectivity index (χ0n) is 16.1. The smallest absolute Gasteiger partial charge is 0.123 e. The zero-order valence-corrected chi connectivity index (χ0v) is 18.5. The number of hydrogen-bond acceptors (Lipinski definition) is 3. The highest BCUT2D eigenvalue weighted by Gasteiger charge is 2.17. The molecule has 2 nitrogen and oxygen atoms in total. The minimum atomic E-state index is -0.282. The van der Waals surface area contributed by atoms with E-state index in [4.69, 9.17) is 28.2 Å². The van der Waals surface area contributed by atoms with Crippen LogP contribution in [0.4, 0.5) is 4.39 Å². The maximum atomic E-state index is 13.2. The molecule has 0 N–H and O–H groups in total. The van der Waals surface area contributed by atoms with Crippen LogP contribution >= 0.6 is 35.0 Å². The fourth-order valence-electron chi connectivity index (χ4n) is 3.13. The maximum absolute atomic E-state index is 13.2. The average molecular weight is 465 g/mol. The molecule has 0 spiro atoms. The van der Waals surface area contributed by atoms with Crippen LogP contribution in [0.1, 0.15) is 11.1 Å². The van der Waals surface area contributed by atoms with Gasteiger partial charge in [-0.1, -0.05) is 65.7 Å². The van der Waals surface area contributed by atoms with Crippen LogP contribution in [0.25, 0.3) is 22.4 Å². The lowest BCUT2D eigenvalue weighted by Crippen LogP contribution is -1.97. The second-order valence-corrected chi connectivity index (χ2v) is 8.56. The molecule has 4 rings (SSSR count). The molecule has 0 radical (unpaired) electrons. The molecule has 3 aromatic carbocycles. The van der Waals surface area contributed by atoms with E-state index in [0.29, 0.717) is 32.1 Å². The molecule has 0 saturated heterocycles. The molecule has 6 heteroatoms. The van der Waals surface area contributed by atoms with Crippen LogP contribution in [-0.4, -0.2) is 4.98 Å².